The van der Waals surface area contributed by atoms with Crippen LogP contribution < -0.4 is 5.32 Å². The van der Waals surface area contributed by atoms with Crippen molar-refractivity contribution in [3.63, 3.8) is 0 Å². The molecule has 0 spiro atoms. The molecular formula is C15H24N2. The van der Waals surface area contributed by atoms with Gasteiger partial charge >= 0.3 is 0 Å². The van der Waals surface area contributed by atoms with Crippen LogP contribution in [0.5, 0.6) is 0 Å². The number of hydrogen-bond acceptors (Lipinski definition) is 2. The zero-order valence-electron chi connectivity index (χ0n) is 11.0. The molecule has 0 aromatic carbocycles. The number of pyridine rings is 1. The highest BCUT2D eigenvalue weighted by Gasteiger charge is 2.21. The minimum absolute atomic E-state index is 0.363. The summed E-state index contributed by atoms with van der Waals surface area (Å²) in [5, 5.41) is 3.76. The van der Waals surface area contributed by atoms with Crippen LogP contribution in [-0.4, -0.2) is 11.0 Å². The third kappa shape index (κ3) is 3.53. The maximum absolute atomic E-state index is 4.43. The lowest BCUT2D eigenvalue weighted by atomic mass is 9.96. The van der Waals surface area contributed by atoms with Crippen LogP contribution in [0, 0.1) is 5.92 Å². The molecule has 2 rings (SSSR count). The largest absolute Gasteiger partial charge is 0.306 e. The van der Waals surface area contributed by atoms with Crippen LogP contribution in [0.3, 0.4) is 0 Å². The van der Waals surface area contributed by atoms with Crippen LogP contribution in [0.4, 0.5) is 0 Å². The van der Waals surface area contributed by atoms with Gasteiger partial charge in [-0.2, -0.15) is 0 Å². The lowest BCUT2D eigenvalue weighted by Gasteiger charge is -2.26. The molecule has 1 aromatic rings. The van der Waals surface area contributed by atoms with Gasteiger partial charge in [0.05, 0.1) is 5.69 Å². The van der Waals surface area contributed by atoms with E-state index in [1.807, 2.05) is 12.3 Å². The quantitative estimate of drug-likeness (QED) is 0.804. The van der Waals surface area contributed by atoms with Crippen molar-refractivity contribution in [2.45, 2.75) is 58.0 Å². The van der Waals surface area contributed by atoms with Crippen molar-refractivity contribution in [1.29, 1.82) is 0 Å². The topological polar surface area (TPSA) is 24.9 Å². The number of nitrogens with zero attached hydrogens (tertiary/aromatic N) is 1. The number of nitrogens with one attached hydrogen (secondary N) is 1. The van der Waals surface area contributed by atoms with Gasteiger partial charge in [0.25, 0.3) is 0 Å². The normalized spacial score (nSPS) is 27.4. The Hall–Kier alpha value is -0.890. The summed E-state index contributed by atoms with van der Waals surface area (Å²) in [6, 6.07) is 7.18. The third-order valence-corrected chi connectivity index (χ3v) is 3.96. The molecule has 94 valence electrons. The van der Waals surface area contributed by atoms with E-state index in [9.17, 15) is 0 Å². The number of aromatic nitrogens is 1. The summed E-state index contributed by atoms with van der Waals surface area (Å²) in [5.74, 6) is 0.795. The standard InChI is InChI=1S/C15H24N2/c1-12-8-4-3-5-9-14(12)17-13(2)15-10-6-7-11-16-15/h6-7,10-14,17H,3-5,8-9H2,1-2H3. The second kappa shape index (κ2) is 6.15. The van der Waals surface area contributed by atoms with E-state index in [1.54, 1.807) is 0 Å². The van der Waals surface area contributed by atoms with Crippen LogP contribution in [0.2, 0.25) is 0 Å². The van der Waals surface area contributed by atoms with E-state index < -0.39 is 0 Å². The molecule has 3 unspecified atom stereocenters. The molecule has 0 amide bonds. The first-order chi connectivity index (χ1) is 8.27. The van der Waals surface area contributed by atoms with E-state index in [1.165, 1.54) is 32.1 Å². The molecule has 1 aromatic heterocycles. The summed E-state index contributed by atoms with van der Waals surface area (Å²) < 4.78 is 0. The lowest BCUT2D eigenvalue weighted by molar-refractivity contribution is 0.328. The fraction of sp³-hybridized carbons (Fsp3) is 0.667. The first-order valence-electron chi connectivity index (χ1n) is 6.94. The molecule has 0 radical (unpaired) electrons. The number of rotatable bonds is 3. The molecule has 3 atom stereocenters. The SMILES string of the molecule is CC(NC1CCCCCC1C)c1ccccn1. The van der Waals surface area contributed by atoms with Gasteiger partial charge in [0, 0.05) is 18.3 Å². The zero-order valence-corrected chi connectivity index (χ0v) is 11.0. The molecule has 2 nitrogen and oxygen atoms in total. The summed E-state index contributed by atoms with van der Waals surface area (Å²) in [6.45, 7) is 4.61. The van der Waals surface area contributed by atoms with Crippen LogP contribution in [0.15, 0.2) is 24.4 Å². The van der Waals surface area contributed by atoms with Gasteiger partial charge in [0.15, 0.2) is 0 Å². The average molecular weight is 232 g/mol. The summed E-state index contributed by atoms with van der Waals surface area (Å²) in [6.07, 6.45) is 8.74. The Morgan fingerprint density at radius 1 is 1.24 bits per heavy atom. The van der Waals surface area contributed by atoms with Crippen molar-refractivity contribution in [1.82, 2.24) is 10.3 Å². The van der Waals surface area contributed by atoms with E-state index in [0.29, 0.717) is 12.1 Å². The van der Waals surface area contributed by atoms with Crippen LogP contribution in [0.25, 0.3) is 0 Å². The van der Waals surface area contributed by atoms with Crippen molar-refractivity contribution in [3.05, 3.63) is 30.1 Å². The Balaban J connectivity index is 1.95. The fourth-order valence-corrected chi connectivity index (χ4v) is 2.78. The van der Waals surface area contributed by atoms with Gasteiger partial charge in [-0.25, -0.2) is 0 Å². The molecule has 17 heavy (non-hydrogen) atoms. The monoisotopic (exact) mass is 232 g/mol. The summed E-state index contributed by atoms with van der Waals surface area (Å²) in [7, 11) is 0. The van der Waals surface area contributed by atoms with Gasteiger partial charge in [-0.1, -0.05) is 32.3 Å². The molecule has 1 fully saturated rings. The van der Waals surface area contributed by atoms with Crippen molar-refractivity contribution in [2.24, 2.45) is 5.92 Å². The molecule has 1 aliphatic rings. The Bertz CT molecular complexity index is 323. The Kier molecular flexibility index (Phi) is 4.55. The molecular weight excluding hydrogens is 208 g/mol. The second-order valence-electron chi connectivity index (χ2n) is 5.36. The van der Waals surface area contributed by atoms with Gasteiger partial charge in [-0.3, -0.25) is 4.98 Å². The summed E-state index contributed by atoms with van der Waals surface area (Å²) >= 11 is 0. The molecule has 2 heteroatoms. The Morgan fingerprint density at radius 3 is 2.82 bits per heavy atom. The highest BCUT2D eigenvalue weighted by molar-refractivity contribution is 5.08. The summed E-state index contributed by atoms with van der Waals surface area (Å²) in [5.41, 5.74) is 1.16. The molecule has 1 heterocycles. The maximum Gasteiger partial charge on any atom is 0.0570 e. The van der Waals surface area contributed by atoms with Crippen molar-refractivity contribution >= 4 is 0 Å². The second-order valence-corrected chi connectivity index (χ2v) is 5.36. The minimum Gasteiger partial charge on any atom is -0.306 e. The first-order valence-corrected chi connectivity index (χ1v) is 6.94. The molecule has 1 aliphatic carbocycles. The van der Waals surface area contributed by atoms with E-state index in [0.717, 1.165) is 11.6 Å². The minimum atomic E-state index is 0.363. The van der Waals surface area contributed by atoms with Gasteiger partial charge in [0.1, 0.15) is 0 Å². The van der Waals surface area contributed by atoms with Crippen LogP contribution >= 0.6 is 0 Å². The molecule has 0 aliphatic heterocycles. The molecule has 0 saturated heterocycles. The number of hydrogen-bond donors (Lipinski definition) is 1. The predicted molar refractivity (Wildman–Crippen MR) is 71.8 cm³/mol. The van der Waals surface area contributed by atoms with Crippen LogP contribution in [0.1, 0.15) is 57.7 Å². The Labute approximate surface area is 105 Å². The van der Waals surface area contributed by atoms with Gasteiger partial charge in [-0.05, 0) is 37.8 Å². The van der Waals surface area contributed by atoms with E-state index >= 15 is 0 Å². The molecule has 0 bridgehead atoms. The van der Waals surface area contributed by atoms with Crippen LogP contribution in [-0.2, 0) is 0 Å². The van der Waals surface area contributed by atoms with Gasteiger partial charge < -0.3 is 5.32 Å². The predicted octanol–water partition coefficient (Wildman–Crippen LogP) is 3.70. The smallest absolute Gasteiger partial charge is 0.0570 e. The Morgan fingerprint density at radius 2 is 2.06 bits per heavy atom. The van der Waals surface area contributed by atoms with Crippen molar-refractivity contribution in [2.75, 3.05) is 0 Å². The van der Waals surface area contributed by atoms with Gasteiger partial charge in [-0.15, -0.1) is 0 Å². The maximum atomic E-state index is 4.43. The lowest BCUT2D eigenvalue weighted by Crippen LogP contribution is -2.36. The molecule has 1 saturated carbocycles. The van der Waals surface area contributed by atoms with E-state index in [-0.39, 0.29) is 0 Å². The highest BCUT2D eigenvalue weighted by atomic mass is 15.0. The summed E-state index contributed by atoms with van der Waals surface area (Å²) in [4.78, 5) is 4.43. The van der Waals surface area contributed by atoms with Crippen molar-refractivity contribution in [3.8, 4) is 0 Å². The van der Waals surface area contributed by atoms with E-state index in [2.05, 4.69) is 36.3 Å². The zero-order chi connectivity index (χ0) is 12.1. The molecule has 1 N–H and O–H groups in total. The van der Waals surface area contributed by atoms with E-state index in [4.69, 9.17) is 0 Å². The van der Waals surface area contributed by atoms with Gasteiger partial charge in [0.2, 0.25) is 0 Å². The highest BCUT2D eigenvalue weighted by Crippen LogP contribution is 2.25. The first kappa shape index (κ1) is 12.6. The van der Waals surface area contributed by atoms with Crippen molar-refractivity contribution < 1.29 is 0 Å². The third-order valence-electron chi connectivity index (χ3n) is 3.96. The fourth-order valence-electron chi connectivity index (χ4n) is 2.78. The average Bonchev–Trinajstić information content (AvgIpc) is 2.56.